The van der Waals surface area contributed by atoms with Crippen LogP contribution in [0.4, 0.5) is 5.00 Å². The van der Waals surface area contributed by atoms with Crippen LogP contribution in [0.3, 0.4) is 0 Å². The second-order valence-corrected chi connectivity index (χ2v) is 8.90. The predicted molar refractivity (Wildman–Crippen MR) is 102 cm³/mol. The van der Waals surface area contributed by atoms with E-state index in [0.717, 1.165) is 29.1 Å². The van der Waals surface area contributed by atoms with Crippen molar-refractivity contribution >= 4 is 22.2 Å². The van der Waals surface area contributed by atoms with E-state index >= 15 is 0 Å². The number of carbonyl (C=O) groups is 1. The van der Waals surface area contributed by atoms with Crippen molar-refractivity contribution in [3.05, 3.63) is 46.1 Å². The fourth-order valence-corrected chi connectivity index (χ4v) is 5.30. The minimum Gasteiger partial charge on any atom is -0.351 e. The maximum Gasteiger partial charge on any atom is 0.256 e. The van der Waals surface area contributed by atoms with Crippen LogP contribution in [0, 0.1) is 11.3 Å². The normalized spacial score (nSPS) is 22.6. The first-order valence-electron chi connectivity index (χ1n) is 9.12. The molecule has 2 atom stereocenters. The zero-order valence-electron chi connectivity index (χ0n) is 15.1. The molecule has 25 heavy (non-hydrogen) atoms. The van der Waals surface area contributed by atoms with Crippen LogP contribution >= 0.6 is 11.3 Å². The maximum atomic E-state index is 12.8. The molecule has 0 saturated carbocycles. The Hall–Kier alpha value is -1.88. The van der Waals surface area contributed by atoms with E-state index in [-0.39, 0.29) is 12.1 Å². The molecule has 0 aromatic carbocycles. The van der Waals surface area contributed by atoms with Gasteiger partial charge in [0.05, 0.1) is 11.3 Å². The van der Waals surface area contributed by atoms with Crippen LogP contribution in [0.25, 0.3) is 0 Å². The van der Waals surface area contributed by atoms with E-state index in [4.69, 9.17) is 0 Å². The van der Waals surface area contributed by atoms with E-state index in [0.29, 0.717) is 11.3 Å². The van der Waals surface area contributed by atoms with Gasteiger partial charge < -0.3 is 10.6 Å². The third-order valence-electron chi connectivity index (χ3n) is 6.04. The van der Waals surface area contributed by atoms with E-state index in [9.17, 15) is 4.79 Å². The van der Waals surface area contributed by atoms with Gasteiger partial charge in [-0.2, -0.15) is 0 Å². The number of fused-ring (bicyclic) bond motifs is 3. The summed E-state index contributed by atoms with van der Waals surface area (Å²) < 4.78 is 0. The zero-order valence-corrected chi connectivity index (χ0v) is 15.9. The lowest BCUT2D eigenvalue weighted by Gasteiger charge is -2.36. The highest BCUT2D eigenvalue weighted by Crippen LogP contribution is 2.46. The van der Waals surface area contributed by atoms with E-state index in [1.54, 1.807) is 17.5 Å². The molecule has 1 aliphatic heterocycles. The van der Waals surface area contributed by atoms with E-state index in [1.165, 1.54) is 23.3 Å². The van der Waals surface area contributed by atoms with Crippen LogP contribution in [0.1, 0.15) is 66.3 Å². The first-order valence-corrected chi connectivity index (χ1v) is 9.94. The lowest BCUT2D eigenvalue weighted by molar-refractivity contribution is 0.0934. The van der Waals surface area contributed by atoms with Crippen LogP contribution in [0.5, 0.6) is 0 Å². The molecule has 2 N–H and O–H groups in total. The number of amides is 1. The molecule has 1 aliphatic carbocycles. The molecule has 0 spiro atoms. The second-order valence-electron chi connectivity index (χ2n) is 7.80. The third kappa shape index (κ3) is 2.84. The minimum atomic E-state index is -0.246. The number of anilines is 1. The lowest BCUT2D eigenvalue weighted by atomic mass is 9.69. The highest BCUT2D eigenvalue weighted by atomic mass is 32.1. The van der Waals surface area contributed by atoms with Gasteiger partial charge in [0, 0.05) is 11.1 Å². The lowest BCUT2D eigenvalue weighted by Crippen LogP contribution is -2.38. The van der Waals surface area contributed by atoms with Crippen molar-refractivity contribution < 1.29 is 4.79 Å². The molecule has 0 saturated heterocycles. The van der Waals surface area contributed by atoms with Gasteiger partial charge in [0.15, 0.2) is 0 Å². The molecule has 2 aromatic heterocycles. The topological polar surface area (TPSA) is 54.0 Å². The summed E-state index contributed by atoms with van der Waals surface area (Å²) in [4.78, 5) is 18.5. The van der Waals surface area contributed by atoms with E-state index < -0.39 is 0 Å². The molecule has 5 heteroatoms. The molecule has 4 nitrogen and oxygen atoms in total. The van der Waals surface area contributed by atoms with Gasteiger partial charge in [-0.1, -0.05) is 33.3 Å². The van der Waals surface area contributed by atoms with Crippen molar-refractivity contribution in [2.75, 3.05) is 5.32 Å². The number of nitrogens with one attached hydrogen (secondary N) is 2. The minimum absolute atomic E-state index is 0.0371. The Kier molecular flexibility index (Phi) is 4.07. The molecule has 4 rings (SSSR count). The summed E-state index contributed by atoms with van der Waals surface area (Å²) >= 11 is 1.77. The zero-order chi connectivity index (χ0) is 17.6. The Morgan fingerprint density at radius 2 is 2.16 bits per heavy atom. The Morgan fingerprint density at radius 3 is 2.88 bits per heavy atom. The average Bonchev–Trinajstić information content (AvgIpc) is 3.00. The van der Waals surface area contributed by atoms with Gasteiger partial charge in [-0.15, -0.1) is 11.3 Å². The predicted octanol–water partition coefficient (Wildman–Crippen LogP) is 4.54. The summed E-state index contributed by atoms with van der Waals surface area (Å²) in [6, 6.07) is 5.78. The monoisotopic (exact) mass is 355 g/mol. The molecule has 0 fully saturated rings. The molecular weight excluding hydrogens is 330 g/mol. The van der Waals surface area contributed by atoms with Crippen LogP contribution in [-0.4, -0.2) is 10.9 Å². The highest BCUT2D eigenvalue weighted by Gasteiger charge is 2.37. The summed E-state index contributed by atoms with van der Waals surface area (Å²) in [7, 11) is 0. The van der Waals surface area contributed by atoms with Crippen molar-refractivity contribution in [3.8, 4) is 0 Å². The number of aromatic nitrogens is 1. The number of rotatable bonds is 3. The highest BCUT2D eigenvalue weighted by molar-refractivity contribution is 7.16. The summed E-state index contributed by atoms with van der Waals surface area (Å²) in [5, 5.41) is 7.58. The number of hydrogen-bond donors (Lipinski definition) is 2. The quantitative estimate of drug-likeness (QED) is 0.850. The first-order chi connectivity index (χ1) is 12.0. The Balaban J connectivity index is 1.64. The van der Waals surface area contributed by atoms with Gasteiger partial charge in [0.1, 0.15) is 11.2 Å². The van der Waals surface area contributed by atoms with Crippen molar-refractivity contribution in [1.29, 1.82) is 0 Å². The summed E-state index contributed by atoms with van der Waals surface area (Å²) in [6.45, 7) is 7.03. The number of nitrogens with zero attached hydrogens (tertiary/aromatic N) is 1. The maximum absolute atomic E-state index is 12.8. The van der Waals surface area contributed by atoms with Crippen LogP contribution in [0.2, 0.25) is 0 Å². The van der Waals surface area contributed by atoms with Gasteiger partial charge in [-0.3, -0.25) is 9.78 Å². The van der Waals surface area contributed by atoms with Crippen molar-refractivity contribution in [1.82, 2.24) is 10.3 Å². The molecule has 1 amide bonds. The Labute approximate surface area is 153 Å². The third-order valence-corrected chi connectivity index (χ3v) is 7.23. The molecular formula is C20H25N3OS. The van der Waals surface area contributed by atoms with Crippen molar-refractivity contribution in [2.45, 2.75) is 52.6 Å². The Morgan fingerprint density at radius 1 is 1.32 bits per heavy atom. The van der Waals surface area contributed by atoms with Gasteiger partial charge in [0.2, 0.25) is 0 Å². The number of carbonyl (C=O) groups excluding carboxylic acids is 1. The summed E-state index contributed by atoms with van der Waals surface area (Å²) in [6.07, 6.45) is 5.99. The summed E-state index contributed by atoms with van der Waals surface area (Å²) in [5.41, 5.74) is 3.35. The Bertz CT molecular complexity index is 797. The molecule has 132 valence electrons. The molecule has 2 aliphatic rings. The summed E-state index contributed by atoms with van der Waals surface area (Å²) in [5.74, 6) is 0.731. The number of thiophene rings is 1. The molecule has 3 heterocycles. The van der Waals surface area contributed by atoms with E-state index in [2.05, 4.69) is 36.4 Å². The SMILES string of the molecule is CCC(C)(C)[C@@H]1CCc2c(sc3c2C(=O)N[C@H](c2ccccn2)N3)C1. The fraction of sp³-hybridized carbons (Fsp3) is 0.500. The molecule has 0 radical (unpaired) electrons. The van der Waals surface area contributed by atoms with Crippen LogP contribution in [0.15, 0.2) is 24.4 Å². The average molecular weight is 356 g/mol. The molecule has 0 bridgehead atoms. The molecule has 2 aromatic rings. The van der Waals surface area contributed by atoms with Crippen LogP contribution < -0.4 is 10.6 Å². The van der Waals surface area contributed by atoms with Gasteiger partial charge >= 0.3 is 0 Å². The van der Waals surface area contributed by atoms with Gasteiger partial charge in [-0.25, -0.2) is 0 Å². The largest absolute Gasteiger partial charge is 0.351 e. The fourth-order valence-electron chi connectivity index (χ4n) is 3.95. The van der Waals surface area contributed by atoms with Crippen LogP contribution in [-0.2, 0) is 12.8 Å². The van der Waals surface area contributed by atoms with Gasteiger partial charge in [-0.05, 0) is 48.3 Å². The second kappa shape index (κ2) is 6.13. The van der Waals surface area contributed by atoms with Crippen molar-refractivity contribution in [3.63, 3.8) is 0 Å². The first kappa shape index (κ1) is 16.6. The smallest absolute Gasteiger partial charge is 0.256 e. The number of hydrogen-bond acceptors (Lipinski definition) is 4. The van der Waals surface area contributed by atoms with E-state index in [1.807, 2.05) is 18.2 Å². The van der Waals surface area contributed by atoms with Crippen molar-refractivity contribution in [2.24, 2.45) is 11.3 Å². The number of pyridine rings is 1. The standard InChI is InChI=1S/C20H25N3OS/c1-4-20(2,3)12-8-9-13-15(11-12)25-19-16(13)18(24)22-17(23-19)14-7-5-6-10-21-14/h5-7,10,12,17,23H,4,8-9,11H2,1-3H3,(H,22,24)/t12-,17+/m1/s1. The van der Waals surface area contributed by atoms with Gasteiger partial charge in [0.25, 0.3) is 5.91 Å². The molecule has 0 unspecified atom stereocenters.